The first-order chi connectivity index (χ1) is 12.8. The molecule has 1 aromatic heterocycles. The van der Waals surface area contributed by atoms with Gasteiger partial charge in [-0.3, -0.25) is 9.78 Å². The zero-order valence-corrected chi connectivity index (χ0v) is 16.1. The lowest BCUT2D eigenvalue weighted by atomic mass is 10.1. The first-order valence-corrected chi connectivity index (χ1v) is 10.5. The van der Waals surface area contributed by atoms with Crippen LogP contribution in [0.3, 0.4) is 0 Å². The van der Waals surface area contributed by atoms with E-state index in [0.29, 0.717) is 27.5 Å². The summed E-state index contributed by atoms with van der Waals surface area (Å²) in [5, 5.41) is 3.36. The molecular weight excluding hydrogens is 384 g/mol. The molecule has 0 atom stereocenters. The van der Waals surface area contributed by atoms with E-state index in [1.165, 1.54) is 6.26 Å². The van der Waals surface area contributed by atoms with E-state index in [-0.39, 0.29) is 11.7 Å². The van der Waals surface area contributed by atoms with Crippen LogP contribution in [0.15, 0.2) is 66.9 Å². The van der Waals surface area contributed by atoms with E-state index in [9.17, 15) is 13.2 Å². The van der Waals surface area contributed by atoms with Crippen LogP contribution in [0.25, 0.3) is 11.3 Å². The number of anilines is 1. The molecule has 0 bridgehead atoms. The van der Waals surface area contributed by atoms with Crippen molar-refractivity contribution in [2.45, 2.75) is 5.75 Å². The van der Waals surface area contributed by atoms with Gasteiger partial charge in [0, 0.05) is 29.3 Å². The lowest BCUT2D eigenvalue weighted by Gasteiger charge is -2.09. The van der Waals surface area contributed by atoms with Crippen molar-refractivity contribution >= 4 is 33.0 Å². The predicted octanol–water partition coefficient (Wildman–Crippen LogP) is 4.20. The largest absolute Gasteiger partial charge is 0.322 e. The minimum atomic E-state index is -3.11. The van der Waals surface area contributed by atoms with Crippen molar-refractivity contribution in [2.75, 3.05) is 11.6 Å². The fourth-order valence-electron chi connectivity index (χ4n) is 2.58. The summed E-state index contributed by atoms with van der Waals surface area (Å²) >= 11 is 6.25. The summed E-state index contributed by atoms with van der Waals surface area (Å²) in [6.45, 7) is 0. The van der Waals surface area contributed by atoms with Crippen LogP contribution in [0.4, 0.5) is 5.69 Å². The second-order valence-electron chi connectivity index (χ2n) is 6.13. The first-order valence-electron chi connectivity index (χ1n) is 8.11. The number of nitrogens with zero attached hydrogens (tertiary/aromatic N) is 1. The second kappa shape index (κ2) is 7.90. The Morgan fingerprint density at radius 3 is 2.44 bits per heavy atom. The van der Waals surface area contributed by atoms with Crippen molar-refractivity contribution in [2.24, 2.45) is 0 Å². The first kappa shape index (κ1) is 19.1. The highest BCUT2D eigenvalue weighted by Crippen LogP contribution is 2.29. The number of amides is 1. The molecule has 27 heavy (non-hydrogen) atoms. The van der Waals surface area contributed by atoms with Gasteiger partial charge in [-0.1, -0.05) is 29.8 Å². The second-order valence-corrected chi connectivity index (χ2v) is 8.68. The zero-order chi connectivity index (χ0) is 19.4. The monoisotopic (exact) mass is 400 g/mol. The Kier molecular flexibility index (Phi) is 5.58. The standard InChI is InChI=1S/C20H17ClN2O3S/c1-27(25,26)13-14-5-7-15(8-6-14)20(24)23-16-9-10-18(21)17(12-16)19-4-2-3-11-22-19/h2-12H,13H2,1H3,(H,23,24). The number of rotatable bonds is 5. The number of hydrogen-bond donors (Lipinski definition) is 1. The van der Waals surface area contributed by atoms with Crippen LogP contribution in [0, 0.1) is 0 Å². The van der Waals surface area contributed by atoms with Crippen LogP contribution in [0.5, 0.6) is 0 Å². The molecule has 0 saturated carbocycles. The molecule has 0 aliphatic heterocycles. The normalized spacial score (nSPS) is 11.2. The molecule has 3 rings (SSSR count). The van der Waals surface area contributed by atoms with Crippen molar-refractivity contribution in [3.05, 3.63) is 83.0 Å². The van der Waals surface area contributed by atoms with Gasteiger partial charge in [-0.2, -0.15) is 0 Å². The van der Waals surface area contributed by atoms with Gasteiger partial charge in [-0.15, -0.1) is 0 Å². The quantitative estimate of drug-likeness (QED) is 0.696. The third-order valence-corrected chi connectivity index (χ3v) is 5.00. The Hall–Kier alpha value is -2.70. The van der Waals surface area contributed by atoms with Crippen molar-refractivity contribution < 1.29 is 13.2 Å². The molecule has 0 fully saturated rings. The highest BCUT2D eigenvalue weighted by Gasteiger charge is 2.11. The molecule has 7 heteroatoms. The van der Waals surface area contributed by atoms with Crippen LogP contribution in [0.1, 0.15) is 15.9 Å². The summed E-state index contributed by atoms with van der Waals surface area (Å²) in [5.41, 5.74) is 3.09. The Labute approximate surface area is 163 Å². The highest BCUT2D eigenvalue weighted by atomic mass is 35.5. The number of benzene rings is 2. The molecule has 0 radical (unpaired) electrons. The minimum absolute atomic E-state index is 0.0560. The number of halogens is 1. The van der Waals surface area contributed by atoms with E-state index in [4.69, 9.17) is 11.6 Å². The molecule has 1 amide bonds. The molecule has 1 heterocycles. The van der Waals surface area contributed by atoms with E-state index in [1.54, 1.807) is 48.7 Å². The van der Waals surface area contributed by atoms with Gasteiger partial charge in [0.15, 0.2) is 9.84 Å². The number of aromatic nitrogens is 1. The summed E-state index contributed by atoms with van der Waals surface area (Å²) in [7, 11) is -3.11. The Morgan fingerprint density at radius 2 is 1.81 bits per heavy atom. The van der Waals surface area contributed by atoms with E-state index in [1.807, 2.05) is 18.2 Å². The van der Waals surface area contributed by atoms with Crippen LogP contribution >= 0.6 is 11.6 Å². The predicted molar refractivity (Wildman–Crippen MR) is 108 cm³/mol. The van der Waals surface area contributed by atoms with E-state index >= 15 is 0 Å². The van der Waals surface area contributed by atoms with Gasteiger partial charge >= 0.3 is 0 Å². The molecule has 138 valence electrons. The molecule has 0 unspecified atom stereocenters. The molecule has 0 spiro atoms. The smallest absolute Gasteiger partial charge is 0.255 e. The summed E-state index contributed by atoms with van der Waals surface area (Å²) in [5.74, 6) is -0.352. The molecule has 0 aliphatic rings. The zero-order valence-electron chi connectivity index (χ0n) is 14.5. The minimum Gasteiger partial charge on any atom is -0.322 e. The van der Waals surface area contributed by atoms with Crippen molar-refractivity contribution in [1.82, 2.24) is 4.98 Å². The van der Waals surface area contributed by atoms with Gasteiger partial charge in [0.25, 0.3) is 5.91 Å². The average Bonchev–Trinajstić information content (AvgIpc) is 2.63. The SMILES string of the molecule is CS(=O)(=O)Cc1ccc(C(=O)Nc2ccc(Cl)c(-c3ccccn3)c2)cc1. The fourth-order valence-corrected chi connectivity index (χ4v) is 3.59. The maximum Gasteiger partial charge on any atom is 0.255 e. The topological polar surface area (TPSA) is 76.1 Å². The maximum atomic E-state index is 12.5. The van der Waals surface area contributed by atoms with Crippen LogP contribution in [0.2, 0.25) is 5.02 Å². The van der Waals surface area contributed by atoms with E-state index in [2.05, 4.69) is 10.3 Å². The van der Waals surface area contributed by atoms with E-state index in [0.717, 1.165) is 5.56 Å². The van der Waals surface area contributed by atoms with Crippen LogP contribution in [-0.2, 0) is 15.6 Å². The third-order valence-electron chi connectivity index (χ3n) is 3.81. The number of pyridine rings is 1. The lowest BCUT2D eigenvalue weighted by Crippen LogP contribution is -2.12. The maximum absolute atomic E-state index is 12.5. The number of nitrogens with one attached hydrogen (secondary N) is 1. The molecule has 3 aromatic rings. The van der Waals surface area contributed by atoms with Crippen molar-refractivity contribution in [1.29, 1.82) is 0 Å². The molecule has 5 nitrogen and oxygen atoms in total. The number of carbonyl (C=O) groups excluding carboxylic acids is 1. The lowest BCUT2D eigenvalue weighted by molar-refractivity contribution is 0.102. The van der Waals surface area contributed by atoms with E-state index < -0.39 is 9.84 Å². The molecule has 1 N–H and O–H groups in total. The Balaban J connectivity index is 1.78. The van der Waals surface area contributed by atoms with Crippen LogP contribution < -0.4 is 5.32 Å². The Bertz CT molecular complexity index is 1070. The number of carbonyl (C=O) groups is 1. The number of sulfone groups is 1. The molecule has 0 aliphatic carbocycles. The van der Waals surface area contributed by atoms with Gasteiger partial charge in [0.05, 0.1) is 16.5 Å². The highest BCUT2D eigenvalue weighted by molar-refractivity contribution is 7.89. The molecule has 0 saturated heterocycles. The third kappa shape index (κ3) is 5.15. The molecular formula is C20H17ClN2O3S. The average molecular weight is 401 g/mol. The van der Waals surface area contributed by atoms with Crippen molar-refractivity contribution in [3.8, 4) is 11.3 Å². The Morgan fingerprint density at radius 1 is 1.07 bits per heavy atom. The van der Waals surface area contributed by atoms with Gasteiger partial charge in [0.2, 0.25) is 0 Å². The number of hydrogen-bond acceptors (Lipinski definition) is 4. The van der Waals surface area contributed by atoms with Crippen molar-refractivity contribution in [3.63, 3.8) is 0 Å². The summed E-state index contributed by atoms with van der Waals surface area (Å²) < 4.78 is 22.7. The van der Waals surface area contributed by atoms with Gasteiger partial charge in [-0.25, -0.2) is 8.42 Å². The van der Waals surface area contributed by atoms with Gasteiger partial charge in [0.1, 0.15) is 0 Å². The summed E-state index contributed by atoms with van der Waals surface area (Å²) in [4.78, 5) is 16.7. The fraction of sp³-hybridized carbons (Fsp3) is 0.100. The summed E-state index contributed by atoms with van der Waals surface area (Å²) in [6.07, 6.45) is 2.85. The van der Waals surface area contributed by atoms with Crippen LogP contribution in [-0.4, -0.2) is 25.6 Å². The summed E-state index contributed by atoms with van der Waals surface area (Å²) in [6, 6.07) is 17.2. The molecule has 2 aromatic carbocycles. The van der Waals surface area contributed by atoms with Gasteiger partial charge in [-0.05, 0) is 48.0 Å². The van der Waals surface area contributed by atoms with Gasteiger partial charge < -0.3 is 5.32 Å².